The van der Waals surface area contributed by atoms with Crippen LogP contribution < -0.4 is 5.73 Å². The molecule has 0 aromatic rings. The fourth-order valence-corrected chi connectivity index (χ4v) is 1.34. The molecule has 4 aliphatic rings. The molecule has 4 saturated carbocycles. The minimum absolute atomic E-state index is 0. The van der Waals surface area contributed by atoms with Gasteiger partial charge >= 0.3 is 0 Å². The third-order valence-corrected chi connectivity index (χ3v) is 1.72. The van der Waals surface area contributed by atoms with Crippen LogP contribution in [0.1, 0.15) is 58.8 Å². The van der Waals surface area contributed by atoms with E-state index < -0.39 is 61.5 Å². The number of hydrogen-bond acceptors (Lipinski definition) is 1. The zero-order valence-corrected chi connectivity index (χ0v) is 6.80. The lowest BCUT2D eigenvalue weighted by molar-refractivity contribution is 0.000365. The van der Waals surface area contributed by atoms with Crippen LogP contribution in [0.2, 0.25) is 0 Å². The lowest BCUT2D eigenvalue weighted by atomic mass is 9.53. The van der Waals surface area contributed by atoms with Crippen LogP contribution in [0.5, 0.6) is 0 Å². The van der Waals surface area contributed by atoms with E-state index in [0.29, 0.717) is 0 Å². The van der Waals surface area contributed by atoms with Crippen molar-refractivity contribution in [2.45, 2.75) is 43.8 Å². The van der Waals surface area contributed by atoms with Crippen LogP contribution in [0.25, 0.3) is 0 Å². The molecular weight excluding hydrogens is 170 g/mol. The monoisotopic (exact) mass is 202 g/mol. The summed E-state index contributed by atoms with van der Waals surface area (Å²) in [5.74, 6) is -11.2. The normalized spacial score (nSPS) is 117. The topological polar surface area (TPSA) is 26.0 Å². The van der Waals surface area contributed by atoms with Crippen molar-refractivity contribution in [3.05, 3.63) is 0 Å². The van der Waals surface area contributed by atoms with Crippen molar-refractivity contribution in [2.75, 3.05) is 0 Å². The van der Waals surface area contributed by atoms with Gasteiger partial charge in [-0.25, -0.2) is 0 Å². The van der Waals surface area contributed by atoms with E-state index in [2.05, 4.69) is 0 Å². The van der Waals surface area contributed by atoms with Gasteiger partial charge in [0.25, 0.3) is 0 Å². The third-order valence-electron chi connectivity index (χ3n) is 1.72. The van der Waals surface area contributed by atoms with Crippen LogP contribution in [0.4, 0.5) is 0 Å². The van der Waals surface area contributed by atoms with Gasteiger partial charge in [-0.2, -0.15) is 0 Å². The quantitative estimate of drug-likeness (QED) is 0.642. The largest absolute Gasteiger partial charge is 0.325 e. The van der Waals surface area contributed by atoms with E-state index in [1.165, 1.54) is 0 Å². The highest BCUT2D eigenvalue weighted by Gasteiger charge is 2.48. The van der Waals surface area contributed by atoms with Gasteiger partial charge in [0, 0.05) is 26.1 Å². The van der Waals surface area contributed by atoms with Crippen molar-refractivity contribution >= 4 is 12.4 Å². The Labute approximate surface area is 102 Å². The van der Waals surface area contributed by atoms with E-state index in [1.807, 2.05) is 0 Å². The SMILES string of the molecule is Cl.[2H]C1([2H])C2([2H])C([2H])([2H])C3([2H])C([2H])([2H])C1([2H])C([2H])([2H])C(N)(C2([2H])[2H])C3([2H])[2H]. The molecule has 0 heterocycles. The Hall–Kier alpha value is 0.250. The van der Waals surface area contributed by atoms with E-state index in [4.69, 9.17) is 26.3 Å². The van der Waals surface area contributed by atoms with E-state index in [-0.39, 0.29) is 12.4 Å². The number of halogens is 1. The maximum atomic E-state index is 8.38. The maximum Gasteiger partial charge on any atom is 0.0304 e. The van der Waals surface area contributed by atoms with Crippen molar-refractivity contribution in [2.24, 2.45) is 23.4 Å². The zero-order valence-electron chi connectivity index (χ0n) is 21.0. The first-order chi connectivity index (χ1) is 11.0. The van der Waals surface area contributed by atoms with Crippen molar-refractivity contribution in [3.8, 4) is 0 Å². The van der Waals surface area contributed by atoms with Gasteiger partial charge in [-0.15, -0.1) is 12.4 Å². The van der Waals surface area contributed by atoms with Crippen molar-refractivity contribution in [3.63, 3.8) is 0 Å². The fourth-order valence-electron chi connectivity index (χ4n) is 1.34. The number of nitrogens with two attached hydrogens (primary N) is 1. The Bertz CT molecular complexity index is 518. The molecule has 4 bridgehead atoms. The molecule has 4 rings (SSSR count). The Morgan fingerprint density at radius 2 is 1.42 bits per heavy atom. The van der Waals surface area contributed by atoms with E-state index in [1.54, 1.807) is 0 Å². The molecule has 1 nitrogen and oxygen atoms in total. The first-order valence-corrected chi connectivity index (χ1v) is 3.29. The zero-order chi connectivity index (χ0) is 21.0. The summed E-state index contributed by atoms with van der Waals surface area (Å²) in [6.45, 7) is 0. The fraction of sp³-hybridized carbons (Fsp3) is 1.00. The summed E-state index contributed by atoms with van der Waals surface area (Å²) in [6, 6.07) is 0. The molecule has 0 amide bonds. The first-order valence-electron chi connectivity index (χ1n) is 10.8. The molecule has 0 saturated heterocycles. The summed E-state index contributed by atoms with van der Waals surface area (Å²) >= 11 is 0. The summed E-state index contributed by atoms with van der Waals surface area (Å²) in [6.07, 6.45) is -22.6. The van der Waals surface area contributed by atoms with E-state index in [0.717, 1.165) is 0 Å². The van der Waals surface area contributed by atoms with Crippen LogP contribution in [0, 0.1) is 17.7 Å². The molecule has 2 N–H and O–H groups in total. The molecule has 0 aliphatic heterocycles. The van der Waals surface area contributed by atoms with Gasteiger partial charge in [-0.3, -0.25) is 0 Å². The molecule has 4 fully saturated rings. The molecule has 0 atom stereocenters. The Kier molecular flexibility index (Phi) is 0.424. The smallest absolute Gasteiger partial charge is 0.0304 e. The third kappa shape index (κ3) is 1.18. The highest BCUT2D eigenvalue weighted by atomic mass is 35.5. The molecule has 0 aromatic heterocycles. The summed E-state index contributed by atoms with van der Waals surface area (Å²) in [5.41, 5.74) is 2.25. The molecular formula is C10H18ClN. The second-order valence-corrected chi connectivity index (χ2v) is 2.68. The van der Waals surface area contributed by atoms with Crippen molar-refractivity contribution < 1.29 is 20.6 Å². The summed E-state index contributed by atoms with van der Waals surface area (Å²) < 4.78 is 123. The predicted molar refractivity (Wildman–Crippen MR) is 52.3 cm³/mol. The molecule has 70 valence electrons. The van der Waals surface area contributed by atoms with Crippen LogP contribution in [-0.2, 0) is 0 Å². The first kappa shape index (κ1) is 1.94. The average Bonchev–Trinajstić information content (AvgIpc) is 2.46. The lowest BCUT2D eigenvalue weighted by Gasteiger charge is -2.55. The van der Waals surface area contributed by atoms with Gasteiger partial charge in [0.05, 0.1) is 0 Å². The standard InChI is InChI=1S/C10H17N.ClH/c11-10-4-7-1-8(5-10)3-9(2-7)6-10;/h7-9H,1-6,11H2;1H/i1D2,2D2,3D2,4D2,5D2,6D2,7D,8D,9D;. The summed E-state index contributed by atoms with van der Waals surface area (Å²) in [5, 5.41) is 0. The number of rotatable bonds is 0. The Morgan fingerprint density at radius 1 is 1.08 bits per heavy atom. The van der Waals surface area contributed by atoms with Crippen LogP contribution in [0.3, 0.4) is 0 Å². The second-order valence-electron chi connectivity index (χ2n) is 2.68. The predicted octanol–water partition coefficient (Wildman–Crippen LogP) is 2.34. The van der Waals surface area contributed by atoms with Gasteiger partial charge < -0.3 is 5.73 Å². The maximum absolute atomic E-state index is 8.38. The van der Waals surface area contributed by atoms with E-state index >= 15 is 0 Å². The van der Waals surface area contributed by atoms with Gasteiger partial charge in [-0.1, -0.05) is 0 Å². The summed E-state index contributed by atoms with van der Waals surface area (Å²) in [7, 11) is 0. The van der Waals surface area contributed by atoms with Crippen molar-refractivity contribution in [1.29, 1.82) is 0 Å². The lowest BCUT2D eigenvalue weighted by Crippen LogP contribution is -2.55. The second kappa shape index (κ2) is 2.62. The molecule has 4 aliphatic carbocycles. The van der Waals surface area contributed by atoms with Crippen LogP contribution in [-0.4, -0.2) is 5.54 Å². The molecule has 0 aromatic carbocycles. The van der Waals surface area contributed by atoms with Crippen molar-refractivity contribution in [1.82, 2.24) is 0 Å². The molecule has 0 spiro atoms. The van der Waals surface area contributed by atoms with Gasteiger partial charge in [0.2, 0.25) is 0 Å². The van der Waals surface area contributed by atoms with Gasteiger partial charge in [0.15, 0.2) is 0 Å². The molecule has 0 radical (unpaired) electrons. The molecule has 12 heavy (non-hydrogen) atoms. The molecule has 2 heteroatoms. The molecule has 0 unspecified atom stereocenters. The van der Waals surface area contributed by atoms with Gasteiger partial charge in [0.1, 0.15) is 0 Å². The minimum atomic E-state index is -3.80. The Balaban J connectivity index is 0.00000261. The van der Waals surface area contributed by atoms with Crippen LogP contribution in [0.15, 0.2) is 0 Å². The summed E-state index contributed by atoms with van der Waals surface area (Å²) in [4.78, 5) is 0. The van der Waals surface area contributed by atoms with E-state index in [9.17, 15) is 0 Å². The van der Waals surface area contributed by atoms with Gasteiger partial charge in [-0.05, 0) is 55.9 Å². The average molecular weight is 203 g/mol. The highest BCUT2D eigenvalue weighted by molar-refractivity contribution is 5.85. The highest BCUT2D eigenvalue weighted by Crippen LogP contribution is 2.54. The number of hydrogen-bond donors (Lipinski definition) is 1. The Morgan fingerprint density at radius 3 is 1.75 bits per heavy atom. The minimum Gasteiger partial charge on any atom is -0.325 e. The van der Waals surface area contributed by atoms with Crippen LogP contribution >= 0.6 is 12.4 Å².